The van der Waals surface area contributed by atoms with Gasteiger partial charge in [0.2, 0.25) is 0 Å². The van der Waals surface area contributed by atoms with Crippen LogP contribution in [0.25, 0.3) is 10.9 Å². The van der Waals surface area contributed by atoms with Gasteiger partial charge in [0.05, 0.1) is 5.52 Å². The molecule has 0 aliphatic carbocycles. The summed E-state index contributed by atoms with van der Waals surface area (Å²) in [6.07, 6.45) is 0. The predicted molar refractivity (Wildman–Crippen MR) is 75.2 cm³/mol. The molecule has 0 aliphatic heterocycles. The molecular formula is C14H17N3O2. The maximum absolute atomic E-state index is 11.9. The second-order valence-corrected chi connectivity index (χ2v) is 4.72. The summed E-state index contributed by atoms with van der Waals surface area (Å²) in [6, 6.07) is 7.43. The fourth-order valence-corrected chi connectivity index (χ4v) is 1.89. The molecule has 5 heteroatoms. The van der Waals surface area contributed by atoms with Crippen molar-refractivity contribution in [2.45, 2.75) is 13.5 Å². The van der Waals surface area contributed by atoms with Crippen molar-refractivity contribution in [1.29, 1.82) is 0 Å². The summed E-state index contributed by atoms with van der Waals surface area (Å²) in [5.41, 5.74) is 2.25. The number of para-hydroxylation sites is 1. The average Bonchev–Trinajstić information content (AvgIpc) is 2.37. The summed E-state index contributed by atoms with van der Waals surface area (Å²) in [7, 11) is 3.31. The molecule has 2 rings (SSSR count). The maximum atomic E-state index is 11.9. The van der Waals surface area contributed by atoms with E-state index in [9.17, 15) is 9.59 Å². The van der Waals surface area contributed by atoms with E-state index >= 15 is 0 Å². The van der Waals surface area contributed by atoms with Crippen molar-refractivity contribution in [3.63, 3.8) is 0 Å². The highest BCUT2D eigenvalue weighted by Crippen LogP contribution is 2.14. The molecule has 0 spiro atoms. The molecule has 0 radical (unpaired) electrons. The molecule has 1 heterocycles. The van der Waals surface area contributed by atoms with Gasteiger partial charge >= 0.3 is 6.03 Å². The van der Waals surface area contributed by atoms with Gasteiger partial charge < -0.3 is 15.2 Å². The van der Waals surface area contributed by atoms with Gasteiger partial charge in [-0.15, -0.1) is 0 Å². The van der Waals surface area contributed by atoms with Crippen molar-refractivity contribution in [3.8, 4) is 0 Å². The van der Waals surface area contributed by atoms with Crippen LogP contribution in [0.1, 0.15) is 11.1 Å². The Kier molecular flexibility index (Phi) is 3.55. The smallest absolute Gasteiger partial charge is 0.317 e. The number of aryl methyl sites for hydroxylation is 1. The number of rotatable bonds is 2. The first-order valence-corrected chi connectivity index (χ1v) is 6.05. The second kappa shape index (κ2) is 5.14. The Morgan fingerprint density at radius 3 is 2.79 bits per heavy atom. The first-order chi connectivity index (χ1) is 8.99. The molecule has 0 aliphatic rings. The standard InChI is InChI=1S/C14H17N3O2/c1-9-5-4-6-10-7-11(13(18)16-12(9)10)8-15-14(19)17(2)3/h4-7H,8H2,1-3H3,(H,15,19)(H,16,18). The van der Waals surface area contributed by atoms with E-state index in [2.05, 4.69) is 10.3 Å². The number of carbonyl (C=O) groups is 1. The zero-order chi connectivity index (χ0) is 14.0. The first kappa shape index (κ1) is 13.1. The Labute approximate surface area is 111 Å². The number of hydrogen-bond donors (Lipinski definition) is 2. The van der Waals surface area contributed by atoms with Crippen LogP contribution in [0.15, 0.2) is 29.1 Å². The van der Waals surface area contributed by atoms with Gasteiger partial charge in [0, 0.05) is 26.2 Å². The fourth-order valence-electron chi connectivity index (χ4n) is 1.89. The van der Waals surface area contributed by atoms with Gasteiger partial charge in [0.1, 0.15) is 0 Å². The second-order valence-electron chi connectivity index (χ2n) is 4.72. The molecule has 100 valence electrons. The molecule has 0 fully saturated rings. The topological polar surface area (TPSA) is 65.2 Å². The Hall–Kier alpha value is -2.30. The summed E-state index contributed by atoms with van der Waals surface area (Å²) in [4.78, 5) is 27.7. The van der Waals surface area contributed by atoms with Gasteiger partial charge in [-0.1, -0.05) is 18.2 Å². The SMILES string of the molecule is Cc1cccc2cc(CNC(=O)N(C)C)c(=O)[nH]c12. The molecule has 2 aromatic rings. The first-order valence-electron chi connectivity index (χ1n) is 6.05. The quantitative estimate of drug-likeness (QED) is 0.860. The van der Waals surface area contributed by atoms with Crippen LogP contribution in [0, 0.1) is 6.92 Å². The number of fused-ring (bicyclic) bond motifs is 1. The average molecular weight is 259 g/mol. The number of nitrogens with one attached hydrogen (secondary N) is 2. The molecule has 1 aromatic heterocycles. The molecule has 0 saturated carbocycles. The van der Waals surface area contributed by atoms with Crippen LogP contribution in [-0.2, 0) is 6.54 Å². The third-order valence-corrected chi connectivity index (χ3v) is 3.00. The lowest BCUT2D eigenvalue weighted by atomic mass is 10.1. The van der Waals surface area contributed by atoms with Gasteiger partial charge in [0.25, 0.3) is 5.56 Å². The van der Waals surface area contributed by atoms with E-state index in [0.29, 0.717) is 5.56 Å². The van der Waals surface area contributed by atoms with Crippen LogP contribution < -0.4 is 10.9 Å². The van der Waals surface area contributed by atoms with E-state index in [0.717, 1.165) is 16.5 Å². The van der Waals surface area contributed by atoms with Crippen molar-refractivity contribution >= 4 is 16.9 Å². The molecule has 0 unspecified atom stereocenters. The summed E-state index contributed by atoms with van der Waals surface area (Å²) in [5, 5.41) is 3.65. The Morgan fingerprint density at radius 1 is 1.37 bits per heavy atom. The molecule has 0 bridgehead atoms. The highest BCUT2D eigenvalue weighted by molar-refractivity contribution is 5.82. The lowest BCUT2D eigenvalue weighted by molar-refractivity contribution is 0.217. The number of aromatic nitrogens is 1. The van der Waals surface area contributed by atoms with E-state index in [1.54, 1.807) is 14.1 Å². The largest absolute Gasteiger partial charge is 0.334 e. The number of pyridine rings is 1. The molecule has 0 atom stereocenters. The lowest BCUT2D eigenvalue weighted by Crippen LogP contribution is -2.35. The number of urea groups is 1. The van der Waals surface area contributed by atoms with E-state index in [1.165, 1.54) is 4.90 Å². The Balaban J connectivity index is 2.32. The number of benzene rings is 1. The molecule has 0 saturated heterocycles. The van der Waals surface area contributed by atoms with Crippen LogP contribution >= 0.6 is 0 Å². The number of nitrogens with zero attached hydrogens (tertiary/aromatic N) is 1. The Bertz CT molecular complexity index is 674. The number of carbonyl (C=O) groups excluding carboxylic acids is 1. The molecular weight excluding hydrogens is 242 g/mol. The number of amides is 2. The minimum absolute atomic E-state index is 0.166. The fraction of sp³-hybridized carbons (Fsp3) is 0.286. The lowest BCUT2D eigenvalue weighted by Gasteiger charge is -2.12. The molecule has 5 nitrogen and oxygen atoms in total. The highest BCUT2D eigenvalue weighted by Gasteiger charge is 2.07. The van der Waals surface area contributed by atoms with Crippen molar-refractivity contribution in [2.75, 3.05) is 14.1 Å². The molecule has 19 heavy (non-hydrogen) atoms. The minimum atomic E-state index is -0.219. The zero-order valence-electron chi connectivity index (χ0n) is 11.3. The Morgan fingerprint density at radius 2 is 2.11 bits per heavy atom. The van der Waals surface area contributed by atoms with E-state index < -0.39 is 0 Å². The van der Waals surface area contributed by atoms with Crippen molar-refractivity contribution in [1.82, 2.24) is 15.2 Å². The number of hydrogen-bond acceptors (Lipinski definition) is 2. The van der Waals surface area contributed by atoms with Crippen LogP contribution in [0.5, 0.6) is 0 Å². The highest BCUT2D eigenvalue weighted by atomic mass is 16.2. The van der Waals surface area contributed by atoms with Gasteiger partial charge in [-0.3, -0.25) is 4.79 Å². The van der Waals surface area contributed by atoms with Crippen molar-refractivity contribution in [2.24, 2.45) is 0 Å². The van der Waals surface area contributed by atoms with Crippen molar-refractivity contribution < 1.29 is 4.79 Å². The molecule has 1 aromatic carbocycles. The van der Waals surface area contributed by atoms with Crippen LogP contribution in [0.2, 0.25) is 0 Å². The summed E-state index contributed by atoms with van der Waals surface area (Å²) < 4.78 is 0. The third-order valence-electron chi connectivity index (χ3n) is 3.00. The number of aromatic amines is 1. The summed E-state index contributed by atoms with van der Waals surface area (Å²) >= 11 is 0. The van der Waals surface area contributed by atoms with Gasteiger partial charge in [-0.05, 0) is 23.9 Å². The van der Waals surface area contributed by atoms with Crippen LogP contribution in [0.4, 0.5) is 4.79 Å². The zero-order valence-corrected chi connectivity index (χ0v) is 11.3. The van der Waals surface area contributed by atoms with E-state index in [1.807, 2.05) is 31.2 Å². The normalized spacial score (nSPS) is 10.5. The van der Waals surface area contributed by atoms with E-state index in [4.69, 9.17) is 0 Å². The van der Waals surface area contributed by atoms with Gasteiger partial charge in [0.15, 0.2) is 0 Å². The van der Waals surface area contributed by atoms with Gasteiger partial charge in [-0.2, -0.15) is 0 Å². The summed E-state index contributed by atoms with van der Waals surface area (Å²) in [6.45, 7) is 2.17. The summed E-state index contributed by atoms with van der Waals surface area (Å²) in [5.74, 6) is 0. The number of H-pyrrole nitrogens is 1. The maximum Gasteiger partial charge on any atom is 0.317 e. The monoisotopic (exact) mass is 259 g/mol. The predicted octanol–water partition coefficient (Wildman–Crippen LogP) is 1.61. The minimum Gasteiger partial charge on any atom is -0.334 e. The molecule has 2 N–H and O–H groups in total. The van der Waals surface area contributed by atoms with Crippen molar-refractivity contribution in [3.05, 3.63) is 45.7 Å². The third kappa shape index (κ3) is 2.76. The van der Waals surface area contributed by atoms with Crippen LogP contribution in [0.3, 0.4) is 0 Å². The molecule has 2 amide bonds. The van der Waals surface area contributed by atoms with Gasteiger partial charge in [-0.25, -0.2) is 4.79 Å². The van der Waals surface area contributed by atoms with E-state index in [-0.39, 0.29) is 18.1 Å². The van der Waals surface area contributed by atoms with Crippen LogP contribution in [-0.4, -0.2) is 30.0 Å².